The summed E-state index contributed by atoms with van der Waals surface area (Å²) in [7, 11) is 1.66. The fourth-order valence-electron chi connectivity index (χ4n) is 2.90. The molecule has 1 aliphatic heterocycles. The summed E-state index contributed by atoms with van der Waals surface area (Å²) in [6.45, 7) is 8.48. The lowest BCUT2D eigenvalue weighted by atomic mass is 9.97. The first-order chi connectivity index (χ1) is 12.8. The molecule has 0 bridgehead atoms. The summed E-state index contributed by atoms with van der Waals surface area (Å²) >= 11 is 6.05. The van der Waals surface area contributed by atoms with E-state index < -0.39 is 5.60 Å². The highest BCUT2D eigenvalue weighted by Crippen LogP contribution is 2.24. The lowest BCUT2D eigenvalue weighted by molar-refractivity contribution is 0.0188. The minimum absolute atomic E-state index is 0.222. The van der Waals surface area contributed by atoms with Crippen molar-refractivity contribution < 1.29 is 14.3 Å². The number of halogens is 1. The van der Waals surface area contributed by atoms with E-state index in [-0.39, 0.29) is 6.09 Å². The van der Waals surface area contributed by atoms with Gasteiger partial charge in [0.1, 0.15) is 10.8 Å². The van der Waals surface area contributed by atoms with Crippen LogP contribution in [0.2, 0.25) is 5.15 Å². The second-order valence-corrected chi connectivity index (χ2v) is 8.13. The van der Waals surface area contributed by atoms with E-state index in [1.54, 1.807) is 18.2 Å². The highest BCUT2D eigenvalue weighted by atomic mass is 35.5. The predicted molar refractivity (Wildman–Crippen MR) is 109 cm³/mol. The van der Waals surface area contributed by atoms with Crippen LogP contribution in [0.15, 0.2) is 18.3 Å². The van der Waals surface area contributed by atoms with Gasteiger partial charge in [0.25, 0.3) is 0 Å². The summed E-state index contributed by atoms with van der Waals surface area (Å²) < 4.78 is 10.5. The number of piperidine rings is 1. The van der Waals surface area contributed by atoms with Crippen molar-refractivity contribution in [2.75, 3.05) is 38.7 Å². The lowest BCUT2D eigenvalue weighted by Gasteiger charge is -2.33. The van der Waals surface area contributed by atoms with Crippen molar-refractivity contribution in [3.63, 3.8) is 0 Å². The number of methoxy groups -OCH3 is 1. The molecule has 1 aromatic rings. The number of amides is 1. The Bertz CT molecular complexity index is 650. The Balaban J connectivity index is 1.86. The van der Waals surface area contributed by atoms with Gasteiger partial charge in [-0.1, -0.05) is 23.8 Å². The average molecular weight is 396 g/mol. The molecule has 0 aromatic carbocycles. The quantitative estimate of drug-likeness (QED) is 0.720. The van der Waals surface area contributed by atoms with Crippen LogP contribution >= 0.6 is 11.6 Å². The molecule has 150 valence electrons. The topological polar surface area (TPSA) is 63.7 Å². The van der Waals surface area contributed by atoms with Crippen molar-refractivity contribution in [2.45, 2.75) is 39.2 Å². The number of nitrogens with one attached hydrogen (secondary N) is 1. The number of hydrogen-bond acceptors (Lipinski definition) is 5. The molecule has 2 rings (SSSR count). The van der Waals surface area contributed by atoms with Gasteiger partial charge in [-0.05, 0) is 45.6 Å². The Morgan fingerprint density at radius 2 is 2.11 bits per heavy atom. The highest BCUT2D eigenvalue weighted by molar-refractivity contribution is 6.29. The van der Waals surface area contributed by atoms with Gasteiger partial charge < -0.3 is 19.7 Å². The molecule has 0 saturated carbocycles. The van der Waals surface area contributed by atoms with E-state index in [9.17, 15) is 4.79 Å². The fourth-order valence-corrected chi connectivity index (χ4v) is 3.06. The maximum absolute atomic E-state index is 12.2. The summed E-state index contributed by atoms with van der Waals surface area (Å²) in [6, 6.07) is 1.84. The predicted octanol–water partition coefficient (Wildman–Crippen LogP) is 4.45. The summed E-state index contributed by atoms with van der Waals surface area (Å²) in [5, 5.41) is 3.94. The van der Waals surface area contributed by atoms with Gasteiger partial charge in [-0.2, -0.15) is 0 Å². The van der Waals surface area contributed by atoms with Crippen LogP contribution in [0.25, 0.3) is 6.08 Å². The van der Waals surface area contributed by atoms with Crippen LogP contribution in [0.5, 0.6) is 0 Å². The number of carbonyl (C=O) groups excluding carboxylic acids is 1. The summed E-state index contributed by atoms with van der Waals surface area (Å²) in [6.07, 6.45) is 7.33. The summed E-state index contributed by atoms with van der Waals surface area (Å²) in [4.78, 5) is 18.1. The standard InChI is InChI=1S/C20H30ClN3O3/c1-20(2,3)27-19(25)24-9-7-15(8-10-24)13-22-17-12-18(21)23-14-16(17)6-5-11-26-4/h5-6,12,14-15H,7-11,13H2,1-4H3,(H,22,23). The number of likely N-dealkylation sites (tertiary alicyclic amines) is 1. The smallest absolute Gasteiger partial charge is 0.410 e. The Hall–Kier alpha value is -1.79. The van der Waals surface area contributed by atoms with Crippen molar-refractivity contribution in [1.29, 1.82) is 0 Å². The largest absolute Gasteiger partial charge is 0.444 e. The number of pyridine rings is 1. The maximum atomic E-state index is 12.2. The number of anilines is 1. The number of aromatic nitrogens is 1. The van der Waals surface area contributed by atoms with Gasteiger partial charge in [-0.3, -0.25) is 0 Å². The molecule has 1 fully saturated rings. The molecular weight excluding hydrogens is 366 g/mol. The molecule has 0 radical (unpaired) electrons. The van der Waals surface area contributed by atoms with Crippen molar-refractivity contribution in [3.8, 4) is 0 Å². The van der Waals surface area contributed by atoms with E-state index in [0.717, 1.165) is 43.7 Å². The highest BCUT2D eigenvalue weighted by Gasteiger charge is 2.26. The fraction of sp³-hybridized carbons (Fsp3) is 0.600. The molecule has 0 atom stereocenters. The number of carbonyl (C=O) groups is 1. The van der Waals surface area contributed by atoms with Crippen LogP contribution in [0.4, 0.5) is 10.5 Å². The molecule has 0 spiro atoms. The number of rotatable bonds is 6. The van der Waals surface area contributed by atoms with E-state index in [0.29, 0.717) is 17.7 Å². The van der Waals surface area contributed by atoms with Gasteiger partial charge in [-0.25, -0.2) is 9.78 Å². The lowest BCUT2D eigenvalue weighted by Crippen LogP contribution is -2.42. The molecule has 1 saturated heterocycles. The summed E-state index contributed by atoms with van der Waals surface area (Å²) in [5.41, 5.74) is 1.47. The number of nitrogens with zero attached hydrogens (tertiary/aromatic N) is 2. The van der Waals surface area contributed by atoms with E-state index in [2.05, 4.69) is 10.3 Å². The zero-order valence-electron chi connectivity index (χ0n) is 16.6. The molecule has 1 N–H and O–H groups in total. The minimum Gasteiger partial charge on any atom is -0.444 e. The van der Waals surface area contributed by atoms with Crippen LogP contribution in [0, 0.1) is 5.92 Å². The van der Waals surface area contributed by atoms with Gasteiger partial charge in [-0.15, -0.1) is 0 Å². The van der Waals surface area contributed by atoms with E-state index in [1.165, 1.54) is 0 Å². The SMILES string of the molecule is COCC=Cc1cnc(Cl)cc1NCC1CCN(C(=O)OC(C)(C)C)CC1. The second-order valence-electron chi connectivity index (χ2n) is 7.74. The van der Waals surface area contributed by atoms with Gasteiger partial charge >= 0.3 is 6.09 Å². The molecule has 7 heteroatoms. The van der Waals surface area contributed by atoms with Gasteiger partial charge in [0.05, 0.1) is 6.61 Å². The zero-order chi connectivity index (χ0) is 19.9. The first kappa shape index (κ1) is 21.5. The monoisotopic (exact) mass is 395 g/mol. The molecule has 0 aliphatic carbocycles. The van der Waals surface area contributed by atoms with Gasteiger partial charge in [0.2, 0.25) is 0 Å². The van der Waals surface area contributed by atoms with E-state index in [1.807, 2.05) is 39.0 Å². The van der Waals surface area contributed by atoms with Crippen LogP contribution in [0.3, 0.4) is 0 Å². The third-order valence-electron chi connectivity index (χ3n) is 4.31. The number of ether oxygens (including phenoxy) is 2. The maximum Gasteiger partial charge on any atom is 0.410 e. The van der Waals surface area contributed by atoms with Crippen molar-refractivity contribution in [1.82, 2.24) is 9.88 Å². The molecule has 27 heavy (non-hydrogen) atoms. The zero-order valence-corrected chi connectivity index (χ0v) is 17.4. The summed E-state index contributed by atoms with van der Waals surface area (Å²) in [5.74, 6) is 0.492. The molecule has 1 aromatic heterocycles. The first-order valence-corrected chi connectivity index (χ1v) is 9.69. The first-order valence-electron chi connectivity index (χ1n) is 9.31. The molecule has 2 heterocycles. The Labute approximate surface area is 166 Å². The Morgan fingerprint density at radius 1 is 1.41 bits per heavy atom. The van der Waals surface area contributed by atoms with Crippen molar-refractivity contribution in [3.05, 3.63) is 29.1 Å². The normalized spacial score (nSPS) is 16.0. The second kappa shape index (κ2) is 9.95. The van der Waals surface area contributed by atoms with Gasteiger partial charge in [0, 0.05) is 44.2 Å². The molecule has 6 nitrogen and oxygen atoms in total. The third-order valence-corrected chi connectivity index (χ3v) is 4.52. The molecule has 1 aliphatic rings. The van der Waals surface area contributed by atoms with Crippen LogP contribution < -0.4 is 5.32 Å². The van der Waals surface area contributed by atoms with Crippen molar-refractivity contribution >= 4 is 29.5 Å². The van der Waals surface area contributed by atoms with Crippen LogP contribution in [-0.4, -0.2) is 54.9 Å². The van der Waals surface area contributed by atoms with E-state index in [4.69, 9.17) is 21.1 Å². The third kappa shape index (κ3) is 7.39. The molecule has 1 amide bonds. The molecule has 0 unspecified atom stereocenters. The van der Waals surface area contributed by atoms with Gasteiger partial charge in [0.15, 0.2) is 0 Å². The number of hydrogen-bond donors (Lipinski definition) is 1. The van der Waals surface area contributed by atoms with Crippen molar-refractivity contribution in [2.24, 2.45) is 5.92 Å². The minimum atomic E-state index is -0.456. The molecular formula is C20H30ClN3O3. The average Bonchev–Trinajstić information content (AvgIpc) is 2.60. The van der Waals surface area contributed by atoms with E-state index >= 15 is 0 Å². The van der Waals surface area contributed by atoms with Crippen LogP contribution in [-0.2, 0) is 9.47 Å². The Morgan fingerprint density at radius 3 is 2.74 bits per heavy atom. The Kier molecular flexibility index (Phi) is 7.92. The van der Waals surface area contributed by atoms with Crippen LogP contribution in [0.1, 0.15) is 39.2 Å².